The van der Waals surface area contributed by atoms with E-state index in [1.165, 1.54) is 0 Å². The van der Waals surface area contributed by atoms with Gasteiger partial charge in [-0.3, -0.25) is 0 Å². The summed E-state index contributed by atoms with van der Waals surface area (Å²) in [6, 6.07) is -0.00380. The molecule has 1 aliphatic heterocycles. The number of urea groups is 1. The van der Waals surface area contributed by atoms with E-state index in [0.717, 1.165) is 25.8 Å². The molecule has 0 aliphatic carbocycles. The van der Waals surface area contributed by atoms with Crippen molar-refractivity contribution in [2.24, 2.45) is 0 Å². The number of rotatable bonds is 4. The molecule has 0 aromatic carbocycles. The molecule has 0 atom stereocenters. The van der Waals surface area contributed by atoms with Crippen LogP contribution in [0.1, 0.15) is 12.8 Å². The fourth-order valence-electron chi connectivity index (χ4n) is 1.09. The first-order chi connectivity index (χ1) is 5.34. The SMILES string of the molecule is O=CCCCN1CCNC1=O. The average Bonchev–Trinajstić information content (AvgIpc) is 2.37. The predicted octanol–water partition coefficient (Wildman–Crippen LogP) is -0.00930. The van der Waals surface area contributed by atoms with Crippen molar-refractivity contribution in [1.29, 1.82) is 0 Å². The average molecular weight is 156 g/mol. The van der Waals surface area contributed by atoms with Crippen molar-refractivity contribution in [2.75, 3.05) is 19.6 Å². The minimum Gasteiger partial charge on any atom is -0.336 e. The molecule has 1 saturated heterocycles. The van der Waals surface area contributed by atoms with Gasteiger partial charge < -0.3 is 15.0 Å². The molecule has 0 unspecified atom stereocenters. The largest absolute Gasteiger partial charge is 0.336 e. The summed E-state index contributed by atoms with van der Waals surface area (Å²) in [4.78, 5) is 22.6. The summed E-state index contributed by atoms with van der Waals surface area (Å²) in [5.74, 6) is 0. The monoisotopic (exact) mass is 156 g/mol. The van der Waals surface area contributed by atoms with Crippen LogP contribution in [0, 0.1) is 0 Å². The number of carbonyl (C=O) groups is 2. The lowest BCUT2D eigenvalue weighted by atomic mass is 10.3. The van der Waals surface area contributed by atoms with Crippen LogP contribution in [0.4, 0.5) is 4.79 Å². The first-order valence-electron chi connectivity index (χ1n) is 3.81. The molecule has 2 amide bonds. The Hall–Kier alpha value is -1.06. The van der Waals surface area contributed by atoms with Crippen LogP contribution in [-0.4, -0.2) is 36.9 Å². The highest BCUT2D eigenvalue weighted by Crippen LogP contribution is 1.98. The summed E-state index contributed by atoms with van der Waals surface area (Å²) in [6.45, 7) is 2.21. The Kier molecular flexibility index (Phi) is 2.89. The van der Waals surface area contributed by atoms with E-state index in [0.29, 0.717) is 13.0 Å². The molecule has 0 spiro atoms. The summed E-state index contributed by atoms with van der Waals surface area (Å²) in [5, 5.41) is 2.70. The van der Waals surface area contributed by atoms with Gasteiger partial charge in [-0.05, 0) is 6.42 Å². The molecule has 0 aromatic heterocycles. The molecule has 1 rings (SSSR count). The molecule has 0 radical (unpaired) electrons. The number of carbonyl (C=O) groups excluding carboxylic acids is 2. The third-order valence-electron chi connectivity index (χ3n) is 1.70. The van der Waals surface area contributed by atoms with Gasteiger partial charge in [0.25, 0.3) is 0 Å². The second-order valence-electron chi connectivity index (χ2n) is 2.53. The second-order valence-corrected chi connectivity index (χ2v) is 2.53. The van der Waals surface area contributed by atoms with Crippen molar-refractivity contribution >= 4 is 12.3 Å². The highest BCUT2D eigenvalue weighted by Gasteiger charge is 2.17. The van der Waals surface area contributed by atoms with Crippen molar-refractivity contribution in [2.45, 2.75) is 12.8 Å². The van der Waals surface area contributed by atoms with Gasteiger partial charge in [-0.15, -0.1) is 0 Å². The Morgan fingerprint density at radius 2 is 2.45 bits per heavy atom. The molecular formula is C7H12N2O2. The van der Waals surface area contributed by atoms with E-state index >= 15 is 0 Å². The van der Waals surface area contributed by atoms with E-state index in [4.69, 9.17) is 0 Å². The van der Waals surface area contributed by atoms with E-state index in [9.17, 15) is 9.59 Å². The van der Waals surface area contributed by atoms with Gasteiger partial charge >= 0.3 is 6.03 Å². The van der Waals surface area contributed by atoms with Gasteiger partial charge in [-0.1, -0.05) is 0 Å². The first-order valence-corrected chi connectivity index (χ1v) is 3.81. The molecule has 4 nitrogen and oxygen atoms in total. The van der Waals surface area contributed by atoms with Crippen LogP contribution in [0.25, 0.3) is 0 Å². The second kappa shape index (κ2) is 3.95. The van der Waals surface area contributed by atoms with Crippen LogP contribution in [0.2, 0.25) is 0 Å². The van der Waals surface area contributed by atoms with Crippen molar-refractivity contribution in [3.8, 4) is 0 Å². The standard InChI is InChI=1S/C7H12N2O2/c10-6-2-1-4-9-5-3-8-7(9)11/h6H,1-5H2,(H,8,11). The normalized spacial score (nSPS) is 16.7. The van der Waals surface area contributed by atoms with E-state index in [2.05, 4.69) is 5.32 Å². The lowest BCUT2D eigenvalue weighted by Gasteiger charge is -2.11. The number of aldehydes is 1. The molecule has 11 heavy (non-hydrogen) atoms. The Labute approximate surface area is 65.6 Å². The van der Waals surface area contributed by atoms with Crippen LogP contribution in [0.15, 0.2) is 0 Å². The summed E-state index contributed by atoms with van der Waals surface area (Å²) in [5.41, 5.74) is 0. The maximum Gasteiger partial charge on any atom is 0.317 e. The summed E-state index contributed by atoms with van der Waals surface area (Å²) in [7, 11) is 0. The summed E-state index contributed by atoms with van der Waals surface area (Å²) in [6.07, 6.45) is 2.20. The lowest BCUT2D eigenvalue weighted by Crippen LogP contribution is -2.28. The molecule has 1 N–H and O–H groups in total. The molecular weight excluding hydrogens is 144 g/mol. The zero-order valence-corrected chi connectivity index (χ0v) is 6.38. The lowest BCUT2D eigenvalue weighted by molar-refractivity contribution is -0.107. The van der Waals surface area contributed by atoms with Crippen molar-refractivity contribution < 1.29 is 9.59 Å². The number of unbranched alkanes of at least 4 members (excludes halogenated alkanes) is 1. The van der Waals surface area contributed by atoms with E-state index in [1.807, 2.05) is 0 Å². The van der Waals surface area contributed by atoms with Crippen LogP contribution in [0.3, 0.4) is 0 Å². The molecule has 1 aliphatic rings. The van der Waals surface area contributed by atoms with Gasteiger partial charge in [0.1, 0.15) is 6.29 Å². The number of amides is 2. The third-order valence-corrected chi connectivity index (χ3v) is 1.70. The van der Waals surface area contributed by atoms with E-state index in [1.54, 1.807) is 4.90 Å². The quantitative estimate of drug-likeness (QED) is 0.459. The van der Waals surface area contributed by atoms with Crippen LogP contribution >= 0.6 is 0 Å². The number of hydrogen-bond donors (Lipinski definition) is 1. The highest BCUT2D eigenvalue weighted by molar-refractivity contribution is 5.76. The molecule has 0 aromatic rings. The van der Waals surface area contributed by atoms with Gasteiger partial charge in [0, 0.05) is 26.1 Å². The topological polar surface area (TPSA) is 49.4 Å². The zero-order chi connectivity index (χ0) is 8.10. The Morgan fingerprint density at radius 1 is 1.64 bits per heavy atom. The fourth-order valence-corrected chi connectivity index (χ4v) is 1.09. The minimum absolute atomic E-state index is 0.00380. The third kappa shape index (κ3) is 2.22. The molecule has 1 heterocycles. The molecule has 4 heteroatoms. The molecule has 62 valence electrons. The van der Waals surface area contributed by atoms with Gasteiger partial charge in [-0.2, -0.15) is 0 Å². The fraction of sp³-hybridized carbons (Fsp3) is 0.714. The van der Waals surface area contributed by atoms with E-state index in [-0.39, 0.29) is 6.03 Å². The Bertz CT molecular complexity index is 159. The van der Waals surface area contributed by atoms with Crippen LogP contribution < -0.4 is 5.32 Å². The first kappa shape index (κ1) is 8.04. The van der Waals surface area contributed by atoms with Crippen molar-refractivity contribution in [1.82, 2.24) is 10.2 Å². The minimum atomic E-state index is -0.00380. The van der Waals surface area contributed by atoms with Crippen molar-refractivity contribution in [3.63, 3.8) is 0 Å². The molecule has 1 fully saturated rings. The summed E-state index contributed by atoms with van der Waals surface area (Å²) < 4.78 is 0. The van der Waals surface area contributed by atoms with Crippen LogP contribution in [0.5, 0.6) is 0 Å². The van der Waals surface area contributed by atoms with Gasteiger partial charge in [0.05, 0.1) is 0 Å². The van der Waals surface area contributed by atoms with Gasteiger partial charge in [-0.25, -0.2) is 4.79 Å². The smallest absolute Gasteiger partial charge is 0.317 e. The van der Waals surface area contributed by atoms with Crippen LogP contribution in [-0.2, 0) is 4.79 Å². The molecule has 0 bridgehead atoms. The Morgan fingerprint density at radius 3 is 3.00 bits per heavy atom. The Balaban J connectivity index is 2.15. The maximum atomic E-state index is 10.9. The van der Waals surface area contributed by atoms with Gasteiger partial charge in [0.15, 0.2) is 0 Å². The summed E-state index contributed by atoms with van der Waals surface area (Å²) >= 11 is 0. The number of nitrogens with one attached hydrogen (secondary N) is 1. The zero-order valence-electron chi connectivity index (χ0n) is 6.38. The highest BCUT2D eigenvalue weighted by atomic mass is 16.2. The maximum absolute atomic E-state index is 10.9. The molecule has 0 saturated carbocycles. The number of hydrogen-bond acceptors (Lipinski definition) is 2. The predicted molar refractivity (Wildman–Crippen MR) is 40.3 cm³/mol. The van der Waals surface area contributed by atoms with Crippen molar-refractivity contribution in [3.05, 3.63) is 0 Å². The van der Waals surface area contributed by atoms with Gasteiger partial charge in [0.2, 0.25) is 0 Å². The number of nitrogens with zero attached hydrogens (tertiary/aromatic N) is 1. The van der Waals surface area contributed by atoms with E-state index < -0.39 is 0 Å².